The zero-order valence-electron chi connectivity index (χ0n) is 18.5. The van der Waals surface area contributed by atoms with Crippen LogP contribution in [0.3, 0.4) is 0 Å². The third-order valence-electron chi connectivity index (χ3n) is 6.59. The largest absolute Gasteiger partial charge is 0.371 e. The number of carbonyl (C=O) groups excluding carboxylic acids is 2. The fourth-order valence-electron chi connectivity index (χ4n) is 4.77. The van der Waals surface area contributed by atoms with Gasteiger partial charge in [0.15, 0.2) is 0 Å². The minimum Gasteiger partial charge on any atom is -0.371 e. The lowest BCUT2D eigenvalue weighted by Gasteiger charge is -2.22. The molecule has 32 heavy (non-hydrogen) atoms. The summed E-state index contributed by atoms with van der Waals surface area (Å²) < 4.78 is 13.1. The van der Waals surface area contributed by atoms with Gasteiger partial charge >= 0.3 is 0 Å². The zero-order valence-corrected chi connectivity index (χ0v) is 18.5. The molecule has 4 rings (SSSR count). The summed E-state index contributed by atoms with van der Waals surface area (Å²) in [7, 11) is 0. The van der Waals surface area contributed by atoms with E-state index in [0.717, 1.165) is 43.6 Å². The molecule has 2 aliphatic rings. The summed E-state index contributed by atoms with van der Waals surface area (Å²) in [6, 6.07) is 11.7. The second-order valence-electron chi connectivity index (χ2n) is 8.97. The number of hydrogen-bond donors (Lipinski definition) is 2. The van der Waals surface area contributed by atoms with Crippen LogP contribution < -0.4 is 15.5 Å². The van der Waals surface area contributed by atoms with Crippen molar-refractivity contribution in [1.82, 2.24) is 5.32 Å². The Labute approximate surface area is 189 Å². The Balaban J connectivity index is 1.44. The number of anilines is 2. The molecule has 0 atom stereocenters. The van der Waals surface area contributed by atoms with Crippen molar-refractivity contribution in [2.45, 2.75) is 57.9 Å². The second kappa shape index (κ2) is 10.6. The van der Waals surface area contributed by atoms with E-state index in [1.165, 1.54) is 37.8 Å². The Morgan fingerprint density at radius 2 is 1.69 bits per heavy atom. The molecule has 1 aliphatic heterocycles. The lowest BCUT2D eigenvalue weighted by molar-refractivity contribution is -0.116. The van der Waals surface area contributed by atoms with Crippen molar-refractivity contribution in [1.29, 1.82) is 0 Å². The van der Waals surface area contributed by atoms with E-state index in [0.29, 0.717) is 30.1 Å². The van der Waals surface area contributed by atoms with Gasteiger partial charge in [0.1, 0.15) is 5.82 Å². The third-order valence-corrected chi connectivity index (χ3v) is 6.59. The van der Waals surface area contributed by atoms with Gasteiger partial charge in [0, 0.05) is 37.4 Å². The molecule has 2 N–H and O–H groups in total. The van der Waals surface area contributed by atoms with Crippen LogP contribution in [0.1, 0.15) is 67.3 Å². The molecule has 5 nitrogen and oxygen atoms in total. The molecule has 2 fully saturated rings. The van der Waals surface area contributed by atoms with E-state index in [2.05, 4.69) is 15.5 Å². The van der Waals surface area contributed by atoms with Crippen LogP contribution >= 0.6 is 0 Å². The maximum Gasteiger partial charge on any atom is 0.253 e. The van der Waals surface area contributed by atoms with Crippen LogP contribution in [0.5, 0.6) is 0 Å². The van der Waals surface area contributed by atoms with E-state index >= 15 is 0 Å². The van der Waals surface area contributed by atoms with Gasteiger partial charge in [-0.2, -0.15) is 0 Å². The molecule has 1 heterocycles. The van der Waals surface area contributed by atoms with Crippen molar-refractivity contribution in [2.75, 3.05) is 23.3 Å². The second-order valence-corrected chi connectivity index (χ2v) is 8.97. The van der Waals surface area contributed by atoms with Crippen LogP contribution in [0, 0.1) is 11.7 Å². The molecule has 1 aliphatic carbocycles. The fraction of sp³-hybridized carbons (Fsp3) is 0.462. The molecule has 2 aromatic carbocycles. The monoisotopic (exact) mass is 437 g/mol. The lowest BCUT2D eigenvalue weighted by atomic mass is 10.0. The number of amides is 2. The summed E-state index contributed by atoms with van der Waals surface area (Å²) in [4.78, 5) is 27.8. The molecule has 0 aromatic heterocycles. The molecule has 0 radical (unpaired) electrons. The summed E-state index contributed by atoms with van der Waals surface area (Å²) >= 11 is 0. The average molecular weight is 438 g/mol. The molecule has 0 bridgehead atoms. The number of nitrogens with one attached hydrogen (secondary N) is 2. The molecule has 1 saturated heterocycles. The van der Waals surface area contributed by atoms with Crippen molar-refractivity contribution >= 4 is 23.2 Å². The van der Waals surface area contributed by atoms with Gasteiger partial charge in [-0.15, -0.1) is 0 Å². The topological polar surface area (TPSA) is 61.4 Å². The highest BCUT2D eigenvalue weighted by molar-refractivity contribution is 6.02. The molecular weight excluding hydrogens is 405 g/mol. The smallest absolute Gasteiger partial charge is 0.253 e. The predicted octanol–water partition coefficient (Wildman–Crippen LogP) is 5.26. The van der Waals surface area contributed by atoms with Gasteiger partial charge in [-0.25, -0.2) is 4.39 Å². The van der Waals surface area contributed by atoms with Gasteiger partial charge in [-0.3, -0.25) is 9.59 Å². The van der Waals surface area contributed by atoms with E-state index in [-0.39, 0.29) is 17.6 Å². The van der Waals surface area contributed by atoms with Gasteiger partial charge in [0.25, 0.3) is 5.91 Å². The van der Waals surface area contributed by atoms with E-state index in [1.54, 1.807) is 18.2 Å². The Morgan fingerprint density at radius 3 is 2.41 bits per heavy atom. The van der Waals surface area contributed by atoms with Crippen LogP contribution in [0.2, 0.25) is 0 Å². The minimum atomic E-state index is -0.298. The first-order chi connectivity index (χ1) is 15.6. The number of benzene rings is 2. The zero-order chi connectivity index (χ0) is 22.3. The first-order valence-corrected chi connectivity index (χ1v) is 11.8. The lowest BCUT2D eigenvalue weighted by Crippen LogP contribution is -2.27. The summed E-state index contributed by atoms with van der Waals surface area (Å²) in [6.45, 7) is 2.16. The number of rotatable bonds is 8. The molecule has 2 aromatic rings. The highest BCUT2D eigenvalue weighted by Gasteiger charge is 2.21. The summed E-state index contributed by atoms with van der Waals surface area (Å²) in [5.41, 5.74) is 2.93. The summed E-state index contributed by atoms with van der Waals surface area (Å²) in [5.74, 6) is 0.181. The van der Waals surface area contributed by atoms with Gasteiger partial charge in [0.05, 0.1) is 5.56 Å². The quantitative estimate of drug-likeness (QED) is 0.592. The van der Waals surface area contributed by atoms with Crippen LogP contribution in [-0.2, 0) is 11.3 Å². The summed E-state index contributed by atoms with van der Waals surface area (Å²) in [5, 5.41) is 5.92. The molecule has 0 spiro atoms. The first kappa shape index (κ1) is 22.3. The van der Waals surface area contributed by atoms with Gasteiger partial charge in [-0.1, -0.05) is 37.8 Å². The Kier molecular flexibility index (Phi) is 7.40. The molecule has 6 heteroatoms. The van der Waals surface area contributed by atoms with Crippen LogP contribution in [0.25, 0.3) is 0 Å². The normalized spacial score (nSPS) is 16.3. The molecular formula is C26H32FN3O2. The average Bonchev–Trinajstić information content (AvgIpc) is 3.51. The molecule has 0 unspecified atom stereocenters. The molecule has 1 saturated carbocycles. The number of carbonyl (C=O) groups is 2. The molecule has 170 valence electrons. The van der Waals surface area contributed by atoms with Crippen LogP contribution in [-0.4, -0.2) is 24.9 Å². The number of halogens is 1. The van der Waals surface area contributed by atoms with Crippen molar-refractivity contribution in [3.63, 3.8) is 0 Å². The number of nitrogens with zero attached hydrogens (tertiary/aromatic N) is 1. The van der Waals surface area contributed by atoms with Crippen LogP contribution in [0.4, 0.5) is 15.8 Å². The van der Waals surface area contributed by atoms with Crippen LogP contribution in [0.15, 0.2) is 42.5 Å². The maximum absolute atomic E-state index is 13.1. The van der Waals surface area contributed by atoms with Crippen molar-refractivity contribution < 1.29 is 14.0 Å². The van der Waals surface area contributed by atoms with Gasteiger partial charge < -0.3 is 15.5 Å². The molecule has 2 amide bonds. The SMILES string of the molecule is O=C(CCC1CCCC1)Nc1ccc(N2CCCC2)c(C(=O)NCc2ccc(F)cc2)c1. The van der Waals surface area contributed by atoms with E-state index in [1.807, 2.05) is 12.1 Å². The van der Waals surface area contributed by atoms with Crippen molar-refractivity contribution in [3.05, 3.63) is 59.4 Å². The number of hydrogen-bond acceptors (Lipinski definition) is 3. The van der Waals surface area contributed by atoms with Gasteiger partial charge in [0.2, 0.25) is 5.91 Å². The highest BCUT2D eigenvalue weighted by Crippen LogP contribution is 2.30. The Morgan fingerprint density at radius 1 is 0.969 bits per heavy atom. The van der Waals surface area contributed by atoms with Gasteiger partial charge in [-0.05, 0) is 61.1 Å². The third kappa shape index (κ3) is 5.87. The van der Waals surface area contributed by atoms with Crippen molar-refractivity contribution in [3.8, 4) is 0 Å². The summed E-state index contributed by atoms with van der Waals surface area (Å²) in [6.07, 6.45) is 8.69. The Bertz CT molecular complexity index is 933. The predicted molar refractivity (Wildman–Crippen MR) is 125 cm³/mol. The minimum absolute atomic E-state index is 0.00323. The van der Waals surface area contributed by atoms with E-state index < -0.39 is 0 Å². The first-order valence-electron chi connectivity index (χ1n) is 11.8. The highest BCUT2D eigenvalue weighted by atomic mass is 19.1. The van der Waals surface area contributed by atoms with E-state index in [9.17, 15) is 14.0 Å². The van der Waals surface area contributed by atoms with E-state index in [4.69, 9.17) is 0 Å². The fourth-order valence-corrected chi connectivity index (χ4v) is 4.77. The van der Waals surface area contributed by atoms with Crippen molar-refractivity contribution in [2.24, 2.45) is 5.92 Å². The standard InChI is InChI=1S/C26H32FN3O2/c27-21-10-7-20(8-11-21)18-28-26(32)23-17-22(12-13-24(23)30-15-3-4-16-30)29-25(31)14-9-19-5-1-2-6-19/h7-8,10-13,17,19H,1-6,9,14-16,18H2,(H,28,32)(H,29,31). The maximum atomic E-state index is 13.1. The Hall–Kier alpha value is -2.89.